The highest BCUT2D eigenvalue weighted by atomic mass is 79.9. The first-order valence-corrected chi connectivity index (χ1v) is 8.47. The van der Waals surface area contributed by atoms with Crippen molar-refractivity contribution in [2.45, 2.75) is 11.3 Å². The van der Waals surface area contributed by atoms with Crippen LogP contribution >= 0.6 is 15.9 Å². The van der Waals surface area contributed by atoms with Crippen molar-refractivity contribution in [2.75, 3.05) is 5.75 Å². The molecule has 2 aromatic rings. The summed E-state index contributed by atoms with van der Waals surface area (Å²) in [4.78, 5) is 15.1. The van der Waals surface area contributed by atoms with Gasteiger partial charge >= 0.3 is 5.97 Å². The predicted molar refractivity (Wildman–Crippen MR) is 80.1 cm³/mol. The Morgan fingerprint density at radius 2 is 2.14 bits per heavy atom. The second-order valence-corrected chi connectivity index (χ2v) is 7.43. The Morgan fingerprint density at radius 3 is 2.71 bits per heavy atom. The molecule has 0 bridgehead atoms. The molecule has 0 aliphatic rings. The summed E-state index contributed by atoms with van der Waals surface area (Å²) >= 11 is 3.09. The smallest absolute Gasteiger partial charge is 0.336 e. The van der Waals surface area contributed by atoms with E-state index in [0.29, 0.717) is 10.3 Å². The Morgan fingerprint density at radius 1 is 1.43 bits per heavy atom. The van der Waals surface area contributed by atoms with E-state index in [2.05, 4.69) is 20.9 Å². The molecular formula is C13H13BrN2O4S. The van der Waals surface area contributed by atoms with E-state index in [1.807, 2.05) is 0 Å². The maximum atomic E-state index is 12.3. The average molecular weight is 373 g/mol. The number of rotatable bonds is 5. The summed E-state index contributed by atoms with van der Waals surface area (Å²) in [5.74, 6) is -0.643. The van der Waals surface area contributed by atoms with Crippen molar-refractivity contribution in [3.8, 4) is 0 Å². The van der Waals surface area contributed by atoms with Gasteiger partial charge in [0, 0.05) is 30.3 Å². The summed E-state index contributed by atoms with van der Waals surface area (Å²) in [7, 11) is -1.77. The molecule has 6 nitrogen and oxygen atoms in total. The van der Waals surface area contributed by atoms with Crippen molar-refractivity contribution < 1.29 is 18.3 Å². The Kier molecular flexibility index (Phi) is 4.48. The zero-order chi connectivity index (χ0) is 15.6. The molecule has 0 aliphatic heterocycles. The van der Waals surface area contributed by atoms with Gasteiger partial charge in [0.1, 0.15) is 5.82 Å². The van der Waals surface area contributed by atoms with Gasteiger partial charge in [-0.25, -0.2) is 18.2 Å². The number of aryl methyl sites for hydroxylation is 2. The number of aromatic carboxylic acids is 1. The third kappa shape index (κ3) is 3.51. The number of benzene rings is 1. The van der Waals surface area contributed by atoms with Gasteiger partial charge in [-0.2, -0.15) is 0 Å². The van der Waals surface area contributed by atoms with E-state index < -0.39 is 15.8 Å². The Bertz CT molecular complexity index is 783. The normalized spacial score (nSPS) is 11.5. The second-order valence-electron chi connectivity index (χ2n) is 4.47. The molecule has 0 atom stereocenters. The van der Waals surface area contributed by atoms with Crippen molar-refractivity contribution in [3.63, 3.8) is 0 Å². The van der Waals surface area contributed by atoms with Gasteiger partial charge in [-0.1, -0.05) is 0 Å². The number of carbonyl (C=O) groups is 1. The molecule has 0 aliphatic carbocycles. The van der Waals surface area contributed by atoms with Gasteiger partial charge in [-0.15, -0.1) is 0 Å². The molecule has 21 heavy (non-hydrogen) atoms. The fourth-order valence-electron chi connectivity index (χ4n) is 1.84. The first-order chi connectivity index (χ1) is 9.81. The van der Waals surface area contributed by atoms with E-state index in [1.165, 1.54) is 18.2 Å². The summed E-state index contributed by atoms with van der Waals surface area (Å²) in [5, 5.41) is 9.03. The lowest BCUT2D eigenvalue weighted by Gasteiger charge is -2.07. The molecule has 8 heteroatoms. The van der Waals surface area contributed by atoms with Crippen LogP contribution in [0.5, 0.6) is 0 Å². The highest BCUT2D eigenvalue weighted by Crippen LogP contribution is 2.22. The van der Waals surface area contributed by atoms with Crippen molar-refractivity contribution >= 4 is 31.7 Å². The summed E-state index contributed by atoms with van der Waals surface area (Å²) in [5.41, 5.74) is -0.0759. The van der Waals surface area contributed by atoms with Crippen molar-refractivity contribution in [1.82, 2.24) is 9.55 Å². The van der Waals surface area contributed by atoms with Crippen molar-refractivity contribution in [1.29, 1.82) is 0 Å². The standard InChI is InChI=1S/C13H13BrN2O4S/c1-16-6-5-15-12(16)4-7-21(19,20)9-2-3-11(14)10(8-9)13(17)18/h2-3,5-6,8H,4,7H2,1H3,(H,17,18). The number of halogens is 1. The Hall–Kier alpha value is -1.67. The van der Waals surface area contributed by atoms with Gasteiger partial charge in [0.15, 0.2) is 9.84 Å². The third-order valence-electron chi connectivity index (χ3n) is 3.04. The molecule has 0 spiro atoms. The van der Waals surface area contributed by atoms with Gasteiger partial charge in [0.25, 0.3) is 0 Å². The van der Waals surface area contributed by atoms with Crippen LogP contribution in [-0.4, -0.2) is 34.8 Å². The molecule has 1 aromatic carbocycles. The van der Waals surface area contributed by atoms with Crippen LogP contribution in [-0.2, 0) is 23.3 Å². The highest BCUT2D eigenvalue weighted by Gasteiger charge is 2.19. The molecule has 0 fully saturated rings. The van der Waals surface area contributed by atoms with Gasteiger partial charge in [0.2, 0.25) is 0 Å². The zero-order valence-electron chi connectivity index (χ0n) is 11.2. The monoisotopic (exact) mass is 372 g/mol. The van der Waals surface area contributed by atoms with Gasteiger partial charge in [-0.05, 0) is 34.1 Å². The van der Waals surface area contributed by atoms with E-state index in [4.69, 9.17) is 5.11 Å². The Balaban J connectivity index is 2.26. The maximum absolute atomic E-state index is 12.3. The molecule has 2 rings (SSSR count). The van der Waals surface area contributed by atoms with Crippen LogP contribution in [0.25, 0.3) is 0 Å². The van der Waals surface area contributed by atoms with Crippen molar-refractivity contribution in [2.24, 2.45) is 7.05 Å². The van der Waals surface area contributed by atoms with Gasteiger partial charge < -0.3 is 9.67 Å². The number of hydrogen-bond donors (Lipinski definition) is 1. The van der Waals surface area contributed by atoms with E-state index in [-0.39, 0.29) is 22.6 Å². The molecule has 0 unspecified atom stereocenters. The third-order valence-corrected chi connectivity index (χ3v) is 5.45. The Labute approximate surface area is 130 Å². The molecule has 1 aromatic heterocycles. The van der Waals surface area contributed by atoms with Crippen LogP contribution in [0, 0.1) is 0 Å². The molecule has 1 heterocycles. The lowest BCUT2D eigenvalue weighted by molar-refractivity contribution is 0.0695. The molecule has 0 saturated heterocycles. The SMILES string of the molecule is Cn1ccnc1CCS(=O)(=O)c1ccc(Br)c(C(=O)O)c1. The van der Waals surface area contributed by atoms with E-state index in [9.17, 15) is 13.2 Å². The van der Waals surface area contributed by atoms with Gasteiger partial charge in [0.05, 0.1) is 16.2 Å². The minimum atomic E-state index is -3.56. The number of carboxylic acid groups (broad SMARTS) is 1. The number of sulfone groups is 1. The number of hydrogen-bond acceptors (Lipinski definition) is 4. The van der Waals surface area contributed by atoms with Crippen LogP contribution in [0.2, 0.25) is 0 Å². The van der Waals surface area contributed by atoms with Crippen LogP contribution < -0.4 is 0 Å². The second kappa shape index (κ2) is 5.98. The average Bonchev–Trinajstić information content (AvgIpc) is 2.82. The van der Waals surface area contributed by atoms with Crippen molar-refractivity contribution in [3.05, 3.63) is 46.5 Å². The van der Waals surface area contributed by atoms with E-state index >= 15 is 0 Å². The quantitative estimate of drug-likeness (QED) is 0.865. The number of imidazole rings is 1. The summed E-state index contributed by atoms with van der Waals surface area (Å²) in [6, 6.07) is 3.99. The van der Waals surface area contributed by atoms with Gasteiger partial charge in [-0.3, -0.25) is 0 Å². The molecule has 0 saturated carbocycles. The summed E-state index contributed by atoms with van der Waals surface area (Å²) in [6.45, 7) is 0. The van der Waals surface area contributed by atoms with E-state index in [0.717, 1.165) is 0 Å². The minimum Gasteiger partial charge on any atom is -0.478 e. The predicted octanol–water partition coefficient (Wildman–Crippen LogP) is 1.90. The maximum Gasteiger partial charge on any atom is 0.336 e. The first-order valence-electron chi connectivity index (χ1n) is 6.03. The van der Waals surface area contributed by atoms with Crippen LogP contribution in [0.3, 0.4) is 0 Å². The molecule has 1 N–H and O–H groups in total. The topological polar surface area (TPSA) is 89.3 Å². The summed E-state index contributed by atoms with van der Waals surface area (Å²) < 4.78 is 26.7. The van der Waals surface area contributed by atoms with Crippen LogP contribution in [0.4, 0.5) is 0 Å². The van der Waals surface area contributed by atoms with Crippen LogP contribution in [0.15, 0.2) is 40.0 Å². The lowest BCUT2D eigenvalue weighted by atomic mass is 10.2. The largest absolute Gasteiger partial charge is 0.478 e. The first kappa shape index (κ1) is 15.7. The minimum absolute atomic E-state index is 0.00249. The van der Waals surface area contributed by atoms with Crippen LogP contribution in [0.1, 0.15) is 16.2 Å². The number of aromatic nitrogens is 2. The fraction of sp³-hybridized carbons (Fsp3) is 0.231. The number of nitrogens with zero attached hydrogens (tertiary/aromatic N) is 2. The molecule has 0 radical (unpaired) electrons. The highest BCUT2D eigenvalue weighted by molar-refractivity contribution is 9.10. The summed E-state index contributed by atoms with van der Waals surface area (Å²) in [6.07, 6.45) is 3.61. The molecular weight excluding hydrogens is 360 g/mol. The van der Waals surface area contributed by atoms with E-state index in [1.54, 1.807) is 24.0 Å². The molecule has 0 amide bonds. The fourth-order valence-corrected chi connectivity index (χ4v) is 3.52. The lowest BCUT2D eigenvalue weighted by Crippen LogP contribution is -2.12. The zero-order valence-corrected chi connectivity index (χ0v) is 13.6. The number of carboxylic acids is 1. The molecule has 112 valence electrons.